The van der Waals surface area contributed by atoms with Gasteiger partial charge in [0.05, 0.1) is 33.2 Å². The minimum Gasteiger partial charge on any atom is -0.469 e. The molecule has 2 aliphatic rings. The number of ether oxygens (including phenoxy) is 3. The van der Waals surface area contributed by atoms with E-state index in [9.17, 15) is 19.2 Å². The lowest BCUT2D eigenvalue weighted by molar-refractivity contribution is -0.144. The average molecular weight is 351 g/mol. The van der Waals surface area contributed by atoms with Crippen LogP contribution < -0.4 is 15.6 Å². The highest BCUT2D eigenvalue weighted by Gasteiger charge is 2.37. The molecule has 0 spiro atoms. The van der Waals surface area contributed by atoms with Crippen LogP contribution in [-0.4, -0.2) is 60.5 Å². The number of esters is 2. The quantitative estimate of drug-likeness (QED) is 0.691. The first-order chi connectivity index (χ1) is 12.0. The van der Waals surface area contributed by atoms with Gasteiger partial charge in [-0.2, -0.15) is 0 Å². The number of fused-ring (bicyclic) bond motifs is 2. The van der Waals surface area contributed by atoms with Crippen molar-refractivity contribution in [2.45, 2.75) is 19.0 Å². The van der Waals surface area contributed by atoms with Gasteiger partial charge < -0.3 is 24.5 Å². The zero-order chi connectivity index (χ0) is 18.0. The largest absolute Gasteiger partial charge is 0.469 e. The molecule has 10 heteroatoms. The van der Waals surface area contributed by atoms with Gasteiger partial charge in [0, 0.05) is 18.8 Å². The molecule has 2 aliphatic heterocycles. The molecule has 1 aromatic rings. The summed E-state index contributed by atoms with van der Waals surface area (Å²) < 4.78 is 16.2. The molecular formula is C15H17N3O7. The van der Waals surface area contributed by atoms with Gasteiger partial charge in [0.15, 0.2) is 5.69 Å². The molecule has 0 radical (unpaired) electrons. The first kappa shape index (κ1) is 17.0. The van der Waals surface area contributed by atoms with Gasteiger partial charge in [0.25, 0.3) is 5.91 Å². The van der Waals surface area contributed by atoms with Gasteiger partial charge in [-0.1, -0.05) is 0 Å². The number of hydrogen-bond donors (Lipinski definition) is 1. The van der Waals surface area contributed by atoms with Crippen molar-refractivity contribution in [2.75, 3.05) is 32.3 Å². The molecule has 25 heavy (non-hydrogen) atoms. The maximum Gasteiger partial charge on any atom is 0.311 e. The summed E-state index contributed by atoms with van der Waals surface area (Å²) in [5.74, 6) is -2.16. The third-order valence-electron chi connectivity index (χ3n) is 3.91. The Bertz CT molecular complexity index is 773. The van der Waals surface area contributed by atoms with Crippen molar-refractivity contribution in [1.29, 1.82) is 0 Å². The van der Waals surface area contributed by atoms with E-state index in [1.54, 1.807) is 0 Å². The van der Waals surface area contributed by atoms with Gasteiger partial charge in [0.1, 0.15) is 6.17 Å². The predicted molar refractivity (Wildman–Crippen MR) is 82.6 cm³/mol. The second-order valence-electron chi connectivity index (χ2n) is 5.50. The summed E-state index contributed by atoms with van der Waals surface area (Å²) in [6.45, 7) is 1.05. The summed E-state index contributed by atoms with van der Waals surface area (Å²) in [4.78, 5) is 49.4. The molecule has 1 saturated heterocycles. The van der Waals surface area contributed by atoms with E-state index in [1.807, 2.05) is 0 Å². The van der Waals surface area contributed by atoms with Crippen LogP contribution in [-0.2, 0) is 19.1 Å². The lowest BCUT2D eigenvalue weighted by atomic mass is 10.2. The summed E-state index contributed by atoms with van der Waals surface area (Å²) in [5, 5.41) is 0. The topological polar surface area (TPSA) is 116 Å². The molecule has 10 nitrogen and oxygen atoms in total. The molecule has 0 aromatic carbocycles. The van der Waals surface area contributed by atoms with Gasteiger partial charge in [-0.25, -0.2) is 0 Å². The molecule has 1 N–H and O–H groups in total. The summed E-state index contributed by atoms with van der Waals surface area (Å²) in [6.07, 6.45) is 0.595. The van der Waals surface area contributed by atoms with Crippen LogP contribution in [0.2, 0.25) is 0 Å². The summed E-state index contributed by atoms with van der Waals surface area (Å²) in [5.41, 5.74) is 2.37. The molecule has 1 fully saturated rings. The van der Waals surface area contributed by atoms with Crippen LogP contribution >= 0.6 is 0 Å². The van der Waals surface area contributed by atoms with Gasteiger partial charge in [-0.3, -0.25) is 23.9 Å². The van der Waals surface area contributed by atoms with Crippen LogP contribution in [0.5, 0.6) is 5.75 Å². The van der Waals surface area contributed by atoms with Crippen molar-refractivity contribution in [3.05, 3.63) is 28.2 Å². The Morgan fingerprint density at radius 2 is 2.08 bits per heavy atom. The lowest BCUT2D eigenvalue weighted by Crippen LogP contribution is -2.59. The van der Waals surface area contributed by atoms with Crippen LogP contribution in [0, 0.1) is 0 Å². The fourth-order valence-electron chi connectivity index (χ4n) is 2.65. The highest BCUT2D eigenvalue weighted by atomic mass is 16.5. The fraction of sp³-hybridized carbons (Fsp3) is 0.467. The number of nitrogens with zero attached hydrogens (tertiary/aromatic N) is 2. The Balaban J connectivity index is 1.86. The highest BCUT2D eigenvalue weighted by molar-refractivity contribution is 5.97. The summed E-state index contributed by atoms with van der Waals surface area (Å²) in [7, 11) is 1.21. The van der Waals surface area contributed by atoms with Crippen LogP contribution in [0.25, 0.3) is 0 Å². The third-order valence-corrected chi connectivity index (χ3v) is 3.91. The number of amides is 1. The molecule has 1 atom stereocenters. The van der Waals surface area contributed by atoms with Crippen LogP contribution in [0.4, 0.5) is 0 Å². The van der Waals surface area contributed by atoms with Gasteiger partial charge in [-0.15, -0.1) is 0 Å². The zero-order valence-corrected chi connectivity index (χ0v) is 13.5. The maximum absolute atomic E-state index is 12.7. The average Bonchev–Trinajstić information content (AvgIpc) is 2.62. The van der Waals surface area contributed by atoms with Crippen LogP contribution in [0.15, 0.2) is 17.1 Å². The second-order valence-corrected chi connectivity index (χ2v) is 5.50. The number of aromatic nitrogens is 1. The van der Waals surface area contributed by atoms with Crippen molar-refractivity contribution in [1.82, 2.24) is 9.58 Å². The molecule has 0 bridgehead atoms. The van der Waals surface area contributed by atoms with Crippen LogP contribution in [0.3, 0.4) is 0 Å². The maximum atomic E-state index is 12.7. The van der Waals surface area contributed by atoms with E-state index in [2.05, 4.69) is 10.2 Å². The van der Waals surface area contributed by atoms with E-state index in [4.69, 9.17) is 9.47 Å². The molecular weight excluding hydrogens is 334 g/mol. The van der Waals surface area contributed by atoms with E-state index in [1.165, 1.54) is 28.9 Å². The van der Waals surface area contributed by atoms with Crippen molar-refractivity contribution in [2.24, 2.45) is 0 Å². The van der Waals surface area contributed by atoms with E-state index >= 15 is 0 Å². The monoisotopic (exact) mass is 351 g/mol. The second kappa shape index (κ2) is 6.93. The lowest BCUT2D eigenvalue weighted by Gasteiger charge is -2.41. The van der Waals surface area contributed by atoms with Crippen molar-refractivity contribution in [3.63, 3.8) is 0 Å². The van der Waals surface area contributed by atoms with E-state index in [-0.39, 0.29) is 30.5 Å². The first-order valence-corrected chi connectivity index (χ1v) is 7.69. The van der Waals surface area contributed by atoms with Crippen LogP contribution in [0.1, 0.15) is 23.3 Å². The Morgan fingerprint density at radius 1 is 1.32 bits per heavy atom. The first-order valence-electron chi connectivity index (χ1n) is 7.69. The molecule has 0 saturated carbocycles. The minimum atomic E-state index is -0.798. The number of carbonyl (C=O) groups is 3. The van der Waals surface area contributed by atoms with E-state index in [0.29, 0.717) is 19.8 Å². The van der Waals surface area contributed by atoms with E-state index in [0.717, 1.165) is 0 Å². The van der Waals surface area contributed by atoms with Crippen molar-refractivity contribution in [3.8, 4) is 5.75 Å². The van der Waals surface area contributed by atoms with E-state index < -0.39 is 23.3 Å². The number of morpholine rings is 1. The third kappa shape index (κ3) is 3.33. The molecule has 3 heterocycles. The molecule has 0 unspecified atom stereocenters. The normalized spacial score (nSPS) is 18.7. The Kier molecular flexibility index (Phi) is 4.70. The molecule has 1 amide bonds. The minimum absolute atomic E-state index is 0.0583. The van der Waals surface area contributed by atoms with Crippen molar-refractivity contribution < 1.29 is 28.6 Å². The number of nitrogens with one attached hydrogen (secondary N) is 1. The Hall–Kier alpha value is -2.88. The number of carbonyl (C=O) groups excluding carboxylic acids is 3. The highest BCUT2D eigenvalue weighted by Crippen LogP contribution is 2.22. The summed E-state index contributed by atoms with van der Waals surface area (Å²) in [6, 6.07) is 1.19. The Labute approximate surface area is 142 Å². The molecule has 0 aliphatic carbocycles. The van der Waals surface area contributed by atoms with Crippen molar-refractivity contribution >= 4 is 17.8 Å². The zero-order valence-electron chi connectivity index (χ0n) is 13.5. The molecule has 134 valence electrons. The molecule has 1 aromatic heterocycles. The standard InChI is InChI=1S/C15H17N3O7/c1-23-11(20)2-3-12(21)25-14-9(19)4-5-18-13(14)15(22)17-6-7-24-8-10(17)16-18/h4-5,10,16H,2-3,6-8H2,1H3/t10-/m0/s1. The number of methoxy groups -OCH3 is 1. The number of pyridine rings is 1. The van der Waals surface area contributed by atoms with Gasteiger partial charge in [0.2, 0.25) is 11.2 Å². The molecule has 3 rings (SSSR count). The smallest absolute Gasteiger partial charge is 0.311 e. The Morgan fingerprint density at radius 3 is 2.84 bits per heavy atom. The predicted octanol–water partition coefficient (Wildman–Crippen LogP) is -0.937. The number of hydrogen-bond acceptors (Lipinski definition) is 8. The SMILES string of the molecule is COC(=O)CCC(=O)Oc1c2n(ccc1=O)N[C@@H]1COCCN1C2=O. The van der Waals surface area contributed by atoms with Gasteiger partial charge in [-0.05, 0) is 0 Å². The summed E-state index contributed by atoms with van der Waals surface area (Å²) >= 11 is 0. The fourth-order valence-corrected chi connectivity index (χ4v) is 2.65. The number of rotatable bonds is 4. The van der Waals surface area contributed by atoms with Gasteiger partial charge >= 0.3 is 11.9 Å².